The van der Waals surface area contributed by atoms with Crippen LogP contribution >= 0.6 is 0 Å². The van der Waals surface area contributed by atoms with Crippen LogP contribution in [0.1, 0.15) is 30.6 Å². The molecule has 0 aliphatic carbocycles. The van der Waals surface area contributed by atoms with E-state index < -0.39 is 6.04 Å². The topological polar surface area (TPSA) is 64.6 Å². The van der Waals surface area contributed by atoms with Gasteiger partial charge in [0.05, 0.1) is 19.3 Å². The highest BCUT2D eigenvalue weighted by Crippen LogP contribution is 2.14. The molecule has 1 aromatic rings. The van der Waals surface area contributed by atoms with Crippen molar-refractivity contribution in [1.82, 2.24) is 0 Å². The largest absolute Gasteiger partial charge is 0.467 e. The number of carbonyl (C=O) groups excluding carboxylic acids is 2. The molecule has 1 N–H and O–H groups in total. The summed E-state index contributed by atoms with van der Waals surface area (Å²) in [6.45, 7) is 3.96. The fourth-order valence-electron chi connectivity index (χ4n) is 1.62. The van der Waals surface area contributed by atoms with E-state index in [1.54, 1.807) is 31.2 Å². The Hall–Kier alpha value is -2.04. The van der Waals surface area contributed by atoms with Crippen molar-refractivity contribution in [3.8, 4) is 0 Å². The lowest BCUT2D eigenvalue weighted by molar-refractivity contribution is -0.141. The van der Waals surface area contributed by atoms with Gasteiger partial charge in [-0.05, 0) is 31.5 Å². The van der Waals surface area contributed by atoms with Crippen molar-refractivity contribution in [2.75, 3.05) is 19.0 Å². The Bertz CT molecular complexity index is 445. The summed E-state index contributed by atoms with van der Waals surface area (Å²) in [6, 6.07) is 6.42. The molecule has 0 heterocycles. The first-order valence-corrected chi connectivity index (χ1v) is 6.23. The SMILES string of the molecule is CCOC(=O)c1cccc(NC(CC)C(=O)OC)c1. The van der Waals surface area contributed by atoms with Crippen LogP contribution in [0.4, 0.5) is 5.69 Å². The van der Waals surface area contributed by atoms with Crippen molar-refractivity contribution >= 4 is 17.6 Å². The number of hydrogen-bond donors (Lipinski definition) is 1. The minimum absolute atomic E-state index is 0.330. The van der Waals surface area contributed by atoms with Gasteiger partial charge in [0.15, 0.2) is 0 Å². The van der Waals surface area contributed by atoms with Gasteiger partial charge < -0.3 is 14.8 Å². The van der Waals surface area contributed by atoms with Gasteiger partial charge in [-0.3, -0.25) is 0 Å². The van der Waals surface area contributed by atoms with Gasteiger partial charge in [-0.2, -0.15) is 0 Å². The zero-order chi connectivity index (χ0) is 14.3. The molecule has 0 aliphatic heterocycles. The normalized spacial score (nSPS) is 11.5. The number of hydrogen-bond acceptors (Lipinski definition) is 5. The highest BCUT2D eigenvalue weighted by molar-refractivity contribution is 5.90. The average molecular weight is 265 g/mol. The molecule has 0 amide bonds. The lowest BCUT2D eigenvalue weighted by Crippen LogP contribution is -2.29. The molecule has 0 spiro atoms. The van der Waals surface area contributed by atoms with Gasteiger partial charge in [0, 0.05) is 5.69 Å². The van der Waals surface area contributed by atoms with Crippen molar-refractivity contribution in [3.05, 3.63) is 29.8 Å². The Kier molecular flexibility index (Phi) is 5.85. The summed E-state index contributed by atoms with van der Waals surface area (Å²) in [4.78, 5) is 23.1. The van der Waals surface area contributed by atoms with Gasteiger partial charge in [0.1, 0.15) is 6.04 Å². The fraction of sp³-hybridized carbons (Fsp3) is 0.429. The predicted molar refractivity (Wildman–Crippen MR) is 72.1 cm³/mol. The zero-order valence-electron chi connectivity index (χ0n) is 11.4. The van der Waals surface area contributed by atoms with E-state index in [0.29, 0.717) is 24.3 Å². The molecule has 0 saturated carbocycles. The number of benzene rings is 1. The van der Waals surface area contributed by atoms with Crippen LogP contribution < -0.4 is 5.32 Å². The Morgan fingerprint density at radius 2 is 2.05 bits per heavy atom. The summed E-state index contributed by atoms with van der Waals surface area (Å²) >= 11 is 0. The third-order valence-corrected chi connectivity index (χ3v) is 2.61. The van der Waals surface area contributed by atoms with Gasteiger partial charge in [0.25, 0.3) is 0 Å². The van der Waals surface area contributed by atoms with Gasteiger partial charge in [-0.1, -0.05) is 13.0 Å². The highest BCUT2D eigenvalue weighted by atomic mass is 16.5. The summed E-state index contributed by atoms with van der Waals surface area (Å²) in [5.74, 6) is -0.707. The first-order valence-electron chi connectivity index (χ1n) is 6.23. The zero-order valence-corrected chi connectivity index (χ0v) is 11.4. The molecule has 5 heteroatoms. The molecule has 1 unspecified atom stereocenters. The van der Waals surface area contributed by atoms with Gasteiger partial charge in [-0.15, -0.1) is 0 Å². The van der Waals surface area contributed by atoms with Crippen molar-refractivity contribution in [2.24, 2.45) is 0 Å². The van der Waals surface area contributed by atoms with Crippen molar-refractivity contribution in [1.29, 1.82) is 0 Å². The second-order valence-corrected chi connectivity index (χ2v) is 3.93. The van der Waals surface area contributed by atoms with Crippen LogP contribution in [0.3, 0.4) is 0 Å². The van der Waals surface area contributed by atoms with E-state index in [2.05, 4.69) is 5.32 Å². The number of ether oxygens (including phenoxy) is 2. The van der Waals surface area contributed by atoms with E-state index in [1.807, 2.05) is 6.92 Å². The monoisotopic (exact) mass is 265 g/mol. The van der Waals surface area contributed by atoms with Gasteiger partial charge in [-0.25, -0.2) is 9.59 Å². The van der Waals surface area contributed by atoms with E-state index >= 15 is 0 Å². The third-order valence-electron chi connectivity index (χ3n) is 2.61. The smallest absolute Gasteiger partial charge is 0.338 e. The number of nitrogens with one attached hydrogen (secondary N) is 1. The molecule has 19 heavy (non-hydrogen) atoms. The van der Waals surface area contributed by atoms with E-state index in [-0.39, 0.29) is 11.9 Å². The molecule has 0 fully saturated rings. The molecule has 104 valence electrons. The van der Waals surface area contributed by atoms with Crippen LogP contribution in [0.25, 0.3) is 0 Å². The minimum Gasteiger partial charge on any atom is -0.467 e. The lowest BCUT2D eigenvalue weighted by atomic mass is 10.1. The molecular weight excluding hydrogens is 246 g/mol. The number of rotatable bonds is 6. The van der Waals surface area contributed by atoms with Gasteiger partial charge >= 0.3 is 11.9 Å². The predicted octanol–water partition coefficient (Wildman–Crippen LogP) is 2.23. The standard InChI is InChI=1S/C14H19NO4/c1-4-12(14(17)18-3)15-11-8-6-7-10(9-11)13(16)19-5-2/h6-9,12,15H,4-5H2,1-3H3. The molecule has 1 rings (SSSR count). The Balaban J connectivity index is 2.81. The van der Waals surface area contributed by atoms with Crippen LogP contribution in [-0.2, 0) is 14.3 Å². The molecule has 0 aliphatic rings. The van der Waals surface area contributed by atoms with E-state index in [1.165, 1.54) is 7.11 Å². The van der Waals surface area contributed by atoms with E-state index in [0.717, 1.165) is 0 Å². The first-order chi connectivity index (χ1) is 9.12. The summed E-state index contributed by atoms with van der Waals surface area (Å²) in [5.41, 5.74) is 1.13. The number of methoxy groups -OCH3 is 1. The van der Waals surface area contributed by atoms with Crippen LogP contribution in [0.5, 0.6) is 0 Å². The molecule has 5 nitrogen and oxygen atoms in total. The number of carbonyl (C=O) groups is 2. The second kappa shape index (κ2) is 7.41. The van der Waals surface area contributed by atoms with Crippen LogP contribution in [0.15, 0.2) is 24.3 Å². The number of esters is 2. The van der Waals surface area contributed by atoms with Crippen LogP contribution in [0.2, 0.25) is 0 Å². The minimum atomic E-state index is -0.428. The first kappa shape index (κ1) is 15.0. The van der Waals surface area contributed by atoms with Crippen LogP contribution in [0, 0.1) is 0 Å². The van der Waals surface area contributed by atoms with Gasteiger partial charge in [0.2, 0.25) is 0 Å². The molecule has 0 aromatic heterocycles. The second-order valence-electron chi connectivity index (χ2n) is 3.93. The summed E-state index contributed by atoms with van der Waals surface area (Å²) in [5, 5.41) is 3.03. The summed E-state index contributed by atoms with van der Waals surface area (Å²) < 4.78 is 9.62. The van der Waals surface area contributed by atoms with Crippen molar-refractivity contribution in [2.45, 2.75) is 26.3 Å². The Morgan fingerprint density at radius 1 is 1.32 bits per heavy atom. The maximum atomic E-state index is 11.6. The molecule has 1 aromatic carbocycles. The van der Waals surface area contributed by atoms with E-state index in [4.69, 9.17) is 9.47 Å². The molecule has 0 saturated heterocycles. The van der Waals surface area contributed by atoms with Crippen molar-refractivity contribution < 1.29 is 19.1 Å². The fourth-order valence-corrected chi connectivity index (χ4v) is 1.62. The molecule has 0 bridgehead atoms. The van der Waals surface area contributed by atoms with Crippen molar-refractivity contribution in [3.63, 3.8) is 0 Å². The molecule has 1 atom stereocenters. The Labute approximate surface area is 112 Å². The average Bonchev–Trinajstić information content (AvgIpc) is 2.44. The quantitative estimate of drug-likeness (QED) is 0.799. The lowest BCUT2D eigenvalue weighted by Gasteiger charge is -2.16. The molecule has 0 radical (unpaired) electrons. The third kappa shape index (κ3) is 4.28. The maximum Gasteiger partial charge on any atom is 0.338 e. The number of anilines is 1. The summed E-state index contributed by atoms with van der Waals surface area (Å²) in [6.07, 6.45) is 0.594. The van der Waals surface area contributed by atoms with Crippen LogP contribution in [-0.4, -0.2) is 31.7 Å². The molecular formula is C14H19NO4. The maximum absolute atomic E-state index is 11.6. The summed E-state index contributed by atoms with van der Waals surface area (Å²) in [7, 11) is 1.35. The van der Waals surface area contributed by atoms with E-state index in [9.17, 15) is 9.59 Å². The Morgan fingerprint density at radius 3 is 2.63 bits per heavy atom. The highest BCUT2D eigenvalue weighted by Gasteiger charge is 2.17.